The van der Waals surface area contributed by atoms with Crippen molar-refractivity contribution in [3.63, 3.8) is 0 Å². The first-order chi connectivity index (χ1) is 19.3. The lowest BCUT2D eigenvalue weighted by molar-refractivity contribution is -0.113. The van der Waals surface area contributed by atoms with E-state index in [0.717, 1.165) is 36.1 Å². The van der Waals surface area contributed by atoms with Gasteiger partial charge in [0.15, 0.2) is 11.0 Å². The molecule has 3 aromatic rings. The second-order valence-electron chi connectivity index (χ2n) is 9.77. The number of aromatic nitrogens is 3. The number of anilines is 1. The standard InChI is InChI=1S/C29H35N5O4S2/c1-5-16-34-25(24(18(3)4)31-26(36)19-12-8-7-9-13-19)32-33-29(34)39-17-22(35)30-27-23(28(37)38-6-2)20-14-10-11-15-21(20)40-27/h5,7-9,12-13,18,24H,1,6,10-11,14-17H2,2-4H3,(H,30,35)(H,31,36)/t24-/m1/s1. The van der Waals surface area contributed by atoms with Gasteiger partial charge in [-0.05, 0) is 56.2 Å². The molecule has 0 fully saturated rings. The summed E-state index contributed by atoms with van der Waals surface area (Å²) >= 11 is 2.71. The van der Waals surface area contributed by atoms with E-state index in [1.165, 1.54) is 23.1 Å². The summed E-state index contributed by atoms with van der Waals surface area (Å²) in [5.41, 5.74) is 2.06. The van der Waals surface area contributed by atoms with Crippen LogP contribution in [-0.2, 0) is 28.9 Å². The first kappa shape index (κ1) is 29.5. The molecule has 2 heterocycles. The van der Waals surface area contributed by atoms with Crippen LogP contribution in [0.1, 0.15) is 76.6 Å². The van der Waals surface area contributed by atoms with Crippen molar-refractivity contribution in [1.82, 2.24) is 20.1 Å². The Hall–Kier alpha value is -3.44. The molecular formula is C29H35N5O4S2. The van der Waals surface area contributed by atoms with Gasteiger partial charge in [0.05, 0.1) is 24.0 Å². The average molecular weight is 582 g/mol. The number of benzene rings is 1. The number of rotatable bonds is 12. The van der Waals surface area contributed by atoms with Gasteiger partial charge in [-0.15, -0.1) is 28.1 Å². The van der Waals surface area contributed by atoms with Crippen LogP contribution in [0.5, 0.6) is 0 Å². The zero-order valence-electron chi connectivity index (χ0n) is 23.1. The van der Waals surface area contributed by atoms with Crippen molar-refractivity contribution in [3.8, 4) is 0 Å². The van der Waals surface area contributed by atoms with Crippen molar-refractivity contribution in [2.24, 2.45) is 5.92 Å². The number of nitrogens with zero attached hydrogens (tertiary/aromatic N) is 3. The number of aryl methyl sites for hydroxylation is 1. The number of thiophene rings is 1. The highest BCUT2D eigenvalue weighted by molar-refractivity contribution is 7.99. The maximum atomic E-state index is 13.0. The second kappa shape index (κ2) is 13.8. The quantitative estimate of drug-likeness (QED) is 0.166. The Balaban J connectivity index is 1.49. The van der Waals surface area contributed by atoms with Crippen LogP contribution in [0.3, 0.4) is 0 Å². The second-order valence-corrected chi connectivity index (χ2v) is 11.8. The van der Waals surface area contributed by atoms with Gasteiger partial charge in [0.2, 0.25) is 5.91 Å². The third kappa shape index (κ3) is 6.82. The monoisotopic (exact) mass is 581 g/mol. The van der Waals surface area contributed by atoms with E-state index in [1.54, 1.807) is 25.1 Å². The molecule has 40 heavy (non-hydrogen) atoms. The van der Waals surface area contributed by atoms with Crippen LogP contribution in [-0.4, -0.2) is 44.9 Å². The molecule has 0 bridgehead atoms. The zero-order chi connectivity index (χ0) is 28.6. The van der Waals surface area contributed by atoms with Crippen LogP contribution in [0.25, 0.3) is 0 Å². The number of fused-ring (bicyclic) bond motifs is 1. The summed E-state index contributed by atoms with van der Waals surface area (Å²) in [4.78, 5) is 39.8. The Morgan fingerprint density at radius 3 is 2.62 bits per heavy atom. The molecule has 11 heteroatoms. The Bertz CT molecular complexity index is 1370. The molecule has 2 aromatic heterocycles. The van der Waals surface area contributed by atoms with Gasteiger partial charge in [0, 0.05) is 17.0 Å². The zero-order valence-corrected chi connectivity index (χ0v) is 24.7. The van der Waals surface area contributed by atoms with Gasteiger partial charge in [0.1, 0.15) is 5.00 Å². The van der Waals surface area contributed by atoms with Crippen molar-refractivity contribution in [3.05, 3.63) is 70.4 Å². The van der Waals surface area contributed by atoms with Crippen LogP contribution in [0.15, 0.2) is 48.1 Å². The molecule has 212 valence electrons. The van der Waals surface area contributed by atoms with Crippen LogP contribution >= 0.6 is 23.1 Å². The highest BCUT2D eigenvalue weighted by Crippen LogP contribution is 2.38. The molecule has 1 aliphatic rings. The summed E-state index contributed by atoms with van der Waals surface area (Å²) in [5.74, 6) is -0.135. The maximum Gasteiger partial charge on any atom is 0.341 e. The Morgan fingerprint density at radius 1 is 1.18 bits per heavy atom. The predicted octanol–water partition coefficient (Wildman–Crippen LogP) is 5.44. The van der Waals surface area contributed by atoms with E-state index in [2.05, 4.69) is 27.4 Å². The molecule has 2 N–H and O–H groups in total. The summed E-state index contributed by atoms with van der Waals surface area (Å²) in [6, 6.07) is 8.63. The SMILES string of the molecule is C=CCn1c(SCC(=O)Nc2sc3c(c2C(=O)OCC)CCCC3)nnc1[C@H](NC(=O)c1ccccc1)C(C)C. The number of hydrogen-bond donors (Lipinski definition) is 2. The molecule has 1 aromatic carbocycles. The number of hydrogen-bond acceptors (Lipinski definition) is 8. The van der Waals surface area contributed by atoms with E-state index in [1.807, 2.05) is 36.6 Å². The highest BCUT2D eigenvalue weighted by atomic mass is 32.2. The van der Waals surface area contributed by atoms with Crippen molar-refractivity contribution in [2.45, 2.75) is 64.2 Å². The number of amides is 2. The Morgan fingerprint density at radius 2 is 1.93 bits per heavy atom. The molecule has 0 saturated carbocycles. The van der Waals surface area contributed by atoms with Gasteiger partial charge in [-0.25, -0.2) is 4.79 Å². The molecule has 0 aliphatic heterocycles. The van der Waals surface area contributed by atoms with Gasteiger partial charge in [-0.2, -0.15) is 0 Å². The number of allylic oxidation sites excluding steroid dienone is 1. The summed E-state index contributed by atoms with van der Waals surface area (Å²) in [6.45, 7) is 10.3. The molecule has 0 saturated heterocycles. The molecule has 2 amide bonds. The van der Waals surface area contributed by atoms with Gasteiger partial charge in [-0.1, -0.05) is 49.9 Å². The first-order valence-electron chi connectivity index (χ1n) is 13.5. The fourth-order valence-electron chi connectivity index (χ4n) is 4.65. The Kier molecular flexibility index (Phi) is 10.2. The van der Waals surface area contributed by atoms with Gasteiger partial charge < -0.3 is 19.9 Å². The summed E-state index contributed by atoms with van der Waals surface area (Å²) in [5, 5.41) is 15.9. The minimum absolute atomic E-state index is 0.0349. The number of esters is 1. The van der Waals surface area contributed by atoms with Crippen molar-refractivity contribution >= 4 is 45.9 Å². The van der Waals surface area contributed by atoms with E-state index in [-0.39, 0.29) is 30.1 Å². The van der Waals surface area contributed by atoms with Crippen LogP contribution in [0.4, 0.5) is 5.00 Å². The van der Waals surface area contributed by atoms with Crippen LogP contribution < -0.4 is 10.6 Å². The molecule has 0 radical (unpaired) electrons. The van der Waals surface area contributed by atoms with Crippen LogP contribution in [0, 0.1) is 5.92 Å². The summed E-state index contributed by atoms with van der Waals surface area (Å²) < 4.78 is 7.17. The van der Waals surface area contributed by atoms with Crippen molar-refractivity contribution in [2.75, 3.05) is 17.7 Å². The lowest BCUT2D eigenvalue weighted by atomic mass is 9.95. The number of carbonyl (C=O) groups excluding carboxylic acids is 3. The van der Waals surface area contributed by atoms with Crippen LogP contribution in [0.2, 0.25) is 0 Å². The third-order valence-electron chi connectivity index (χ3n) is 6.56. The van der Waals surface area contributed by atoms with E-state index in [4.69, 9.17) is 4.74 Å². The molecule has 9 nitrogen and oxygen atoms in total. The topological polar surface area (TPSA) is 115 Å². The minimum atomic E-state index is -0.395. The maximum absolute atomic E-state index is 13.0. The fraction of sp³-hybridized carbons (Fsp3) is 0.414. The van der Waals surface area contributed by atoms with E-state index >= 15 is 0 Å². The first-order valence-corrected chi connectivity index (χ1v) is 15.3. The fourth-order valence-corrected chi connectivity index (χ4v) is 6.70. The lowest BCUT2D eigenvalue weighted by Crippen LogP contribution is -2.33. The number of nitrogens with one attached hydrogen (secondary N) is 2. The molecule has 0 spiro atoms. The predicted molar refractivity (Wildman–Crippen MR) is 158 cm³/mol. The third-order valence-corrected chi connectivity index (χ3v) is 8.73. The van der Waals surface area contributed by atoms with Gasteiger partial charge in [-0.3, -0.25) is 9.59 Å². The number of thioether (sulfide) groups is 1. The average Bonchev–Trinajstić information content (AvgIpc) is 3.51. The minimum Gasteiger partial charge on any atom is -0.462 e. The lowest BCUT2D eigenvalue weighted by Gasteiger charge is -2.22. The highest BCUT2D eigenvalue weighted by Gasteiger charge is 2.29. The molecule has 0 unspecified atom stereocenters. The molecule has 4 rings (SSSR count). The molecule has 1 aliphatic carbocycles. The largest absolute Gasteiger partial charge is 0.462 e. The molecule has 1 atom stereocenters. The van der Waals surface area contributed by atoms with Crippen molar-refractivity contribution in [1.29, 1.82) is 0 Å². The summed E-state index contributed by atoms with van der Waals surface area (Å²) in [6.07, 6.45) is 5.54. The summed E-state index contributed by atoms with van der Waals surface area (Å²) in [7, 11) is 0. The Labute approximate surface area is 242 Å². The van der Waals surface area contributed by atoms with E-state index in [0.29, 0.717) is 33.7 Å². The number of carbonyl (C=O) groups is 3. The van der Waals surface area contributed by atoms with E-state index in [9.17, 15) is 14.4 Å². The normalized spacial score (nSPS) is 13.4. The van der Waals surface area contributed by atoms with E-state index < -0.39 is 12.0 Å². The van der Waals surface area contributed by atoms with Crippen molar-refractivity contribution < 1.29 is 19.1 Å². The van der Waals surface area contributed by atoms with Gasteiger partial charge in [0.25, 0.3) is 5.91 Å². The molecular weight excluding hydrogens is 546 g/mol. The smallest absolute Gasteiger partial charge is 0.341 e. The number of ether oxygens (including phenoxy) is 1. The van der Waals surface area contributed by atoms with Gasteiger partial charge >= 0.3 is 5.97 Å².